The van der Waals surface area contributed by atoms with Crippen molar-refractivity contribution in [1.82, 2.24) is 4.98 Å². The first-order valence-electron chi connectivity index (χ1n) is 5.74. The van der Waals surface area contributed by atoms with Gasteiger partial charge in [-0.3, -0.25) is 10.1 Å². The molecule has 0 atom stereocenters. The van der Waals surface area contributed by atoms with Crippen LogP contribution in [0.4, 0.5) is 15.8 Å². The average molecular weight is 304 g/mol. The monoisotopic (exact) mass is 304 g/mol. The van der Waals surface area contributed by atoms with Crippen molar-refractivity contribution >= 4 is 28.3 Å². The summed E-state index contributed by atoms with van der Waals surface area (Å²) in [7, 11) is 0. The molecule has 0 saturated carbocycles. The zero-order chi connectivity index (χ0) is 15.4. The van der Waals surface area contributed by atoms with Crippen molar-refractivity contribution in [3.05, 3.63) is 56.4 Å². The third-order valence-corrected chi connectivity index (χ3v) is 3.49. The Morgan fingerprint density at radius 3 is 2.95 bits per heavy atom. The number of halogens is 1. The minimum absolute atomic E-state index is 0.292. The summed E-state index contributed by atoms with van der Waals surface area (Å²) in [5.74, 6) is -0.911. The first-order chi connectivity index (χ1) is 10.0. The average Bonchev–Trinajstić information content (AvgIpc) is 2.87. The van der Waals surface area contributed by atoms with Crippen molar-refractivity contribution in [1.29, 1.82) is 5.26 Å². The third-order valence-electron chi connectivity index (χ3n) is 2.50. The second-order valence-corrected chi connectivity index (χ2v) is 4.89. The van der Waals surface area contributed by atoms with Crippen molar-refractivity contribution in [2.24, 2.45) is 0 Å². The van der Waals surface area contributed by atoms with Gasteiger partial charge < -0.3 is 5.32 Å². The number of benzene rings is 1. The normalized spacial score (nSPS) is 11.0. The van der Waals surface area contributed by atoms with Crippen molar-refractivity contribution in [3.8, 4) is 6.07 Å². The van der Waals surface area contributed by atoms with Gasteiger partial charge in [0.2, 0.25) is 5.82 Å². The number of nitrogens with zero attached hydrogens (tertiary/aromatic N) is 3. The Kier molecular flexibility index (Phi) is 4.25. The lowest BCUT2D eigenvalue weighted by molar-refractivity contribution is -0.387. The summed E-state index contributed by atoms with van der Waals surface area (Å²) in [6, 6.07) is 5.39. The number of anilines is 1. The number of thiazole rings is 1. The highest BCUT2D eigenvalue weighted by atomic mass is 32.1. The predicted molar refractivity (Wildman–Crippen MR) is 77.1 cm³/mol. The van der Waals surface area contributed by atoms with Crippen LogP contribution in [0.2, 0.25) is 0 Å². The number of aryl methyl sites for hydroxylation is 1. The van der Waals surface area contributed by atoms with Crippen molar-refractivity contribution in [2.45, 2.75) is 6.92 Å². The summed E-state index contributed by atoms with van der Waals surface area (Å²) < 4.78 is 13.2. The van der Waals surface area contributed by atoms with Crippen LogP contribution in [0.1, 0.15) is 10.7 Å². The van der Waals surface area contributed by atoms with Gasteiger partial charge in [0.05, 0.1) is 4.92 Å². The van der Waals surface area contributed by atoms with E-state index in [0.29, 0.717) is 16.3 Å². The summed E-state index contributed by atoms with van der Waals surface area (Å²) in [6.45, 7) is 1.81. The van der Waals surface area contributed by atoms with E-state index in [2.05, 4.69) is 10.3 Å². The van der Waals surface area contributed by atoms with Crippen LogP contribution in [-0.2, 0) is 0 Å². The molecule has 0 aliphatic heterocycles. The first kappa shape index (κ1) is 14.6. The summed E-state index contributed by atoms with van der Waals surface area (Å²) in [4.78, 5) is 14.0. The molecule has 0 spiro atoms. The Labute approximate surface area is 123 Å². The van der Waals surface area contributed by atoms with E-state index in [4.69, 9.17) is 5.26 Å². The van der Waals surface area contributed by atoms with E-state index in [0.717, 1.165) is 17.8 Å². The van der Waals surface area contributed by atoms with Gasteiger partial charge in [0.15, 0.2) is 0 Å². The van der Waals surface area contributed by atoms with Gasteiger partial charge in [-0.1, -0.05) is 0 Å². The van der Waals surface area contributed by atoms with Crippen LogP contribution in [0, 0.1) is 34.2 Å². The predicted octanol–water partition coefficient (Wildman–Crippen LogP) is 3.48. The van der Waals surface area contributed by atoms with Crippen molar-refractivity contribution in [3.63, 3.8) is 0 Å². The highest BCUT2D eigenvalue weighted by Gasteiger charge is 2.14. The number of hydrogen-bond donors (Lipinski definition) is 1. The van der Waals surface area contributed by atoms with Gasteiger partial charge in [0.1, 0.15) is 16.6 Å². The topological polar surface area (TPSA) is 91.8 Å². The van der Waals surface area contributed by atoms with Crippen molar-refractivity contribution in [2.75, 3.05) is 5.32 Å². The number of hydrogen-bond acceptors (Lipinski definition) is 6. The van der Waals surface area contributed by atoms with Gasteiger partial charge in [-0.15, -0.1) is 11.3 Å². The molecule has 0 fully saturated rings. The number of nitrogens with one attached hydrogen (secondary N) is 1. The Hall–Kier alpha value is -2.79. The molecule has 0 bridgehead atoms. The smallest absolute Gasteiger partial charge is 0.306 e. The fourth-order valence-electron chi connectivity index (χ4n) is 1.52. The zero-order valence-corrected chi connectivity index (χ0v) is 11.6. The first-order valence-corrected chi connectivity index (χ1v) is 6.62. The highest BCUT2D eigenvalue weighted by Crippen LogP contribution is 2.23. The molecule has 1 heterocycles. The maximum absolute atomic E-state index is 13.2. The Morgan fingerprint density at radius 2 is 2.38 bits per heavy atom. The van der Waals surface area contributed by atoms with E-state index >= 15 is 0 Å². The van der Waals surface area contributed by atoms with Crippen LogP contribution in [0.25, 0.3) is 5.57 Å². The Bertz CT molecular complexity index is 764. The molecule has 21 heavy (non-hydrogen) atoms. The number of allylic oxidation sites excluding steroid dienone is 1. The SMILES string of the molecule is Cc1csc(/C(C#N)=C/Nc2ccc(F)c([N+](=O)[O-])c2)n1. The van der Waals surface area contributed by atoms with Crippen LogP contribution in [-0.4, -0.2) is 9.91 Å². The second kappa shape index (κ2) is 6.11. The largest absolute Gasteiger partial charge is 0.360 e. The van der Waals surface area contributed by atoms with Crippen LogP contribution in [0.15, 0.2) is 29.8 Å². The van der Waals surface area contributed by atoms with Gasteiger partial charge in [0, 0.05) is 29.0 Å². The Morgan fingerprint density at radius 1 is 1.62 bits per heavy atom. The van der Waals surface area contributed by atoms with Crippen LogP contribution < -0.4 is 5.32 Å². The quantitative estimate of drug-likeness (QED) is 0.530. The molecule has 0 amide bonds. The van der Waals surface area contributed by atoms with Gasteiger partial charge >= 0.3 is 5.69 Å². The Balaban J connectivity index is 2.25. The number of nitriles is 1. The van der Waals surface area contributed by atoms with E-state index in [1.807, 2.05) is 18.4 Å². The van der Waals surface area contributed by atoms with Gasteiger partial charge in [-0.05, 0) is 19.1 Å². The lowest BCUT2D eigenvalue weighted by Crippen LogP contribution is -1.96. The van der Waals surface area contributed by atoms with Crippen LogP contribution in [0.5, 0.6) is 0 Å². The molecule has 0 aliphatic carbocycles. The van der Waals surface area contributed by atoms with Gasteiger partial charge in [-0.2, -0.15) is 9.65 Å². The van der Waals surface area contributed by atoms with E-state index in [-0.39, 0.29) is 0 Å². The second-order valence-electron chi connectivity index (χ2n) is 4.03. The molecule has 1 aromatic heterocycles. The molecule has 1 N–H and O–H groups in total. The molecule has 2 aromatic rings. The molecule has 2 rings (SSSR count). The number of aromatic nitrogens is 1. The standard InChI is InChI=1S/C13H9FN4O2S/c1-8-7-21-13(17-8)9(5-15)6-16-10-2-3-11(14)12(4-10)18(19)20/h2-4,6-7,16H,1H3/b9-6+. The molecular formula is C13H9FN4O2S. The molecule has 8 heteroatoms. The summed E-state index contributed by atoms with van der Waals surface area (Å²) in [5.41, 5.74) is 0.773. The fourth-order valence-corrected chi connectivity index (χ4v) is 2.28. The van der Waals surface area contributed by atoms with Gasteiger partial charge in [0.25, 0.3) is 0 Å². The maximum Gasteiger partial charge on any atom is 0.306 e. The van der Waals surface area contributed by atoms with Gasteiger partial charge in [-0.25, -0.2) is 4.98 Å². The van der Waals surface area contributed by atoms with E-state index < -0.39 is 16.4 Å². The summed E-state index contributed by atoms with van der Waals surface area (Å²) in [5, 5.41) is 24.8. The number of rotatable bonds is 4. The fraction of sp³-hybridized carbons (Fsp3) is 0.0769. The van der Waals surface area contributed by atoms with Crippen LogP contribution in [0.3, 0.4) is 0 Å². The maximum atomic E-state index is 13.2. The molecule has 0 unspecified atom stereocenters. The highest BCUT2D eigenvalue weighted by molar-refractivity contribution is 7.10. The van der Waals surface area contributed by atoms with Crippen LogP contribution >= 0.6 is 11.3 Å². The van der Waals surface area contributed by atoms with E-state index in [1.54, 1.807) is 0 Å². The molecule has 1 aromatic carbocycles. The number of nitro benzene ring substituents is 1. The lowest BCUT2D eigenvalue weighted by Gasteiger charge is -2.02. The molecule has 0 saturated heterocycles. The number of nitro groups is 1. The van der Waals surface area contributed by atoms with E-state index in [9.17, 15) is 14.5 Å². The minimum Gasteiger partial charge on any atom is -0.360 e. The molecule has 0 aliphatic rings. The summed E-state index contributed by atoms with van der Waals surface area (Å²) in [6.07, 6.45) is 1.38. The summed E-state index contributed by atoms with van der Waals surface area (Å²) >= 11 is 1.32. The molecule has 0 radical (unpaired) electrons. The molecular weight excluding hydrogens is 295 g/mol. The lowest BCUT2D eigenvalue weighted by atomic mass is 10.2. The minimum atomic E-state index is -0.911. The van der Waals surface area contributed by atoms with Crippen molar-refractivity contribution < 1.29 is 9.31 Å². The molecule has 6 nitrogen and oxygen atoms in total. The molecule has 106 valence electrons. The zero-order valence-electron chi connectivity index (χ0n) is 10.8. The van der Waals surface area contributed by atoms with E-state index in [1.165, 1.54) is 23.6 Å². The third kappa shape index (κ3) is 3.40.